The van der Waals surface area contributed by atoms with Gasteiger partial charge < -0.3 is 5.32 Å². The minimum absolute atomic E-state index is 0.286. The molecule has 64 valence electrons. The second-order valence-electron chi connectivity index (χ2n) is 3.31. The third-order valence-corrected chi connectivity index (χ3v) is 2.52. The summed E-state index contributed by atoms with van der Waals surface area (Å²) in [4.78, 5) is 11.3. The van der Waals surface area contributed by atoms with E-state index in [1.165, 1.54) is 0 Å². The zero-order valence-electron chi connectivity index (χ0n) is 7.39. The fraction of sp³-hybridized carbons (Fsp3) is 0.889. The van der Waals surface area contributed by atoms with Gasteiger partial charge in [0.15, 0.2) is 0 Å². The van der Waals surface area contributed by atoms with E-state index in [0.717, 1.165) is 19.4 Å². The van der Waals surface area contributed by atoms with Crippen LogP contribution in [0.3, 0.4) is 0 Å². The first-order valence-electron chi connectivity index (χ1n) is 4.51. The summed E-state index contributed by atoms with van der Waals surface area (Å²) in [5, 5.41) is 3.33. The fourth-order valence-corrected chi connectivity index (χ4v) is 1.75. The molecule has 0 saturated carbocycles. The van der Waals surface area contributed by atoms with Crippen LogP contribution in [0.15, 0.2) is 0 Å². The lowest BCUT2D eigenvalue weighted by Gasteiger charge is -2.28. The summed E-state index contributed by atoms with van der Waals surface area (Å²) in [5.41, 5.74) is 0. The van der Waals surface area contributed by atoms with Gasteiger partial charge in [-0.15, -0.1) is 0 Å². The van der Waals surface area contributed by atoms with Gasteiger partial charge in [0.25, 0.3) is 0 Å². The highest BCUT2D eigenvalue weighted by Gasteiger charge is 2.25. The highest BCUT2D eigenvalue weighted by molar-refractivity contribution is 5.81. The van der Waals surface area contributed by atoms with Crippen molar-refractivity contribution in [3.63, 3.8) is 0 Å². The van der Waals surface area contributed by atoms with E-state index >= 15 is 0 Å². The topological polar surface area (TPSA) is 29.1 Å². The maximum atomic E-state index is 11.3. The molecular weight excluding hydrogens is 138 g/mol. The summed E-state index contributed by atoms with van der Waals surface area (Å²) >= 11 is 0. The number of Topliss-reactive ketones (excluding diaryl/α,β-unsaturated/α-hetero) is 1. The molecule has 0 bridgehead atoms. The minimum atomic E-state index is 0.286. The first-order chi connectivity index (χ1) is 5.25. The molecule has 1 rings (SSSR count). The fourth-order valence-electron chi connectivity index (χ4n) is 1.75. The van der Waals surface area contributed by atoms with Crippen LogP contribution in [0.2, 0.25) is 0 Å². The van der Waals surface area contributed by atoms with E-state index in [9.17, 15) is 4.79 Å². The number of rotatable bonds is 2. The summed E-state index contributed by atoms with van der Waals surface area (Å²) in [7, 11) is 0. The van der Waals surface area contributed by atoms with Crippen molar-refractivity contribution in [3.8, 4) is 0 Å². The molecule has 1 aliphatic rings. The largest absolute Gasteiger partial charge is 0.314 e. The molecule has 11 heavy (non-hydrogen) atoms. The summed E-state index contributed by atoms with van der Waals surface area (Å²) in [6.45, 7) is 5.13. The lowest BCUT2D eigenvalue weighted by atomic mass is 9.87. The summed E-state index contributed by atoms with van der Waals surface area (Å²) in [6, 6.07) is 0.399. The molecule has 0 aromatic carbocycles. The van der Waals surface area contributed by atoms with E-state index in [4.69, 9.17) is 0 Å². The van der Waals surface area contributed by atoms with Crippen LogP contribution in [0.25, 0.3) is 0 Å². The lowest BCUT2D eigenvalue weighted by molar-refractivity contribution is -0.124. The van der Waals surface area contributed by atoms with Gasteiger partial charge in [-0.3, -0.25) is 4.79 Å². The van der Waals surface area contributed by atoms with Crippen LogP contribution < -0.4 is 5.32 Å². The SMILES string of the molecule is CCC(=O)[C@@H]1CCCN[C@@H]1C. The van der Waals surface area contributed by atoms with Gasteiger partial charge in [-0.1, -0.05) is 6.92 Å². The third-order valence-electron chi connectivity index (χ3n) is 2.52. The molecule has 1 saturated heterocycles. The van der Waals surface area contributed by atoms with Gasteiger partial charge in [-0.2, -0.15) is 0 Å². The third kappa shape index (κ3) is 2.03. The number of carbonyl (C=O) groups excluding carboxylic acids is 1. The van der Waals surface area contributed by atoms with Gasteiger partial charge in [0.1, 0.15) is 5.78 Å². The van der Waals surface area contributed by atoms with Gasteiger partial charge in [-0.25, -0.2) is 0 Å². The van der Waals surface area contributed by atoms with E-state index in [0.29, 0.717) is 18.2 Å². The molecule has 0 radical (unpaired) electrons. The maximum Gasteiger partial charge on any atom is 0.137 e. The predicted molar refractivity (Wildman–Crippen MR) is 45.5 cm³/mol. The van der Waals surface area contributed by atoms with E-state index in [1.807, 2.05) is 6.92 Å². The molecule has 1 aliphatic heterocycles. The average molecular weight is 155 g/mol. The summed E-state index contributed by atoms with van der Waals surface area (Å²) in [6.07, 6.45) is 2.93. The zero-order valence-corrected chi connectivity index (χ0v) is 7.39. The van der Waals surface area contributed by atoms with Crippen LogP contribution in [-0.4, -0.2) is 18.4 Å². The van der Waals surface area contributed by atoms with Crippen LogP contribution in [0.4, 0.5) is 0 Å². The van der Waals surface area contributed by atoms with Gasteiger partial charge in [0.05, 0.1) is 0 Å². The molecule has 1 N–H and O–H groups in total. The highest BCUT2D eigenvalue weighted by Crippen LogP contribution is 2.18. The van der Waals surface area contributed by atoms with Gasteiger partial charge in [0.2, 0.25) is 0 Å². The smallest absolute Gasteiger partial charge is 0.137 e. The number of hydrogen-bond acceptors (Lipinski definition) is 2. The molecule has 2 atom stereocenters. The summed E-state index contributed by atoms with van der Waals surface area (Å²) < 4.78 is 0. The molecule has 2 nitrogen and oxygen atoms in total. The Balaban J connectivity index is 2.47. The first-order valence-corrected chi connectivity index (χ1v) is 4.51. The average Bonchev–Trinajstić information content (AvgIpc) is 2.04. The monoisotopic (exact) mass is 155 g/mol. The van der Waals surface area contributed by atoms with Crippen LogP contribution in [0.5, 0.6) is 0 Å². The van der Waals surface area contributed by atoms with Crippen molar-refractivity contribution in [2.24, 2.45) is 5.92 Å². The van der Waals surface area contributed by atoms with Gasteiger partial charge in [-0.05, 0) is 26.3 Å². The Morgan fingerprint density at radius 2 is 2.36 bits per heavy atom. The Morgan fingerprint density at radius 1 is 1.64 bits per heavy atom. The number of hydrogen-bond donors (Lipinski definition) is 1. The van der Waals surface area contributed by atoms with Gasteiger partial charge in [0, 0.05) is 18.4 Å². The molecule has 0 aliphatic carbocycles. The Kier molecular flexibility index (Phi) is 3.06. The zero-order chi connectivity index (χ0) is 8.27. The number of ketones is 1. The van der Waals surface area contributed by atoms with E-state index in [-0.39, 0.29) is 5.92 Å². The van der Waals surface area contributed by atoms with Crippen LogP contribution >= 0.6 is 0 Å². The maximum absolute atomic E-state index is 11.3. The van der Waals surface area contributed by atoms with Crippen molar-refractivity contribution in [1.82, 2.24) is 5.32 Å². The van der Waals surface area contributed by atoms with Crippen molar-refractivity contribution in [1.29, 1.82) is 0 Å². The molecule has 1 fully saturated rings. The first kappa shape index (κ1) is 8.72. The van der Waals surface area contributed by atoms with E-state index in [2.05, 4.69) is 12.2 Å². The molecule has 2 heteroatoms. The van der Waals surface area contributed by atoms with Crippen molar-refractivity contribution < 1.29 is 4.79 Å². The highest BCUT2D eigenvalue weighted by atomic mass is 16.1. The van der Waals surface area contributed by atoms with Crippen LogP contribution in [0, 0.1) is 5.92 Å². The molecule has 1 heterocycles. The Labute approximate surface area is 68.4 Å². The van der Waals surface area contributed by atoms with Crippen molar-refractivity contribution in [3.05, 3.63) is 0 Å². The Bertz CT molecular complexity index is 144. The van der Waals surface area contributed by atoms with Crippen LogP contribution in [-0.2, 0) is 4.79 Å². The van der Waals surface area contributed by atoms with Crippen LogP contribution in [0.1, 0.15) is 33.1 Å². The van der Waals surface area contributed by atoms with Gasteiger partial charge >= 0.3 is 0 Å². The lowest BCUT2D eigenvalue weighted by Crippen LogP contribution is -2.42. The quantitative estimate of drug-likeness (QED) is 0.652. The summed E-state index contributed by atoms with van der Waals surface area (Å²) in [5.74, 6) is 0.707. The molecule has 0 amide bonds. The number of piperidine rings is 1. The Morgan fingerprint density at radius 3 is 2.91 bits per heavy atom. The molecule has 0 unspecified atom stereocenters. The predicted octanol–water partition coefficient (Wildman–Crippen LogP) is 1.35. The molecular formula is C9H17NO. The second kappa shape index (κ2) is 3.86. The van der Waals surface area contributed by atoms with E-state index < -0.39 is 0 Å². The molecule has 0 spiro atoms. The number of nitrogens with one attached hydrogen (secondary N) is 1. The van der Waals surface area contributed by atoms with E-state index in [1.54, 1.807) is 0 Å². The van der Waals surface area contributed by atoms with Crippen molar-refractivity contribution >= 4 is 5.78 Å². The minimum Gasteiger partial charge on any atom is -0.314 e. The molecule has 0 aromatic heterocycles. The van der Waals surface area contributed by atoms with Crippen molar-refractivity contribution in [2.75, 3.05) is 6.54 Å². The van der Waals surface area contributed by atoms with Crippen molar-refractivity contribution in [2.45, 2.75) is 39.2 Å². The normalized spacial score (nSPS) is 31.8. The number of carbonyl (C=O) groups is 1. The molecule has 0 aromatic rings. The second-order valence-corrected chi connectivity index (χ2v) is 3.31. The standard InChI is InChI=1S/C9H17NO/c1-3-9(11)8-5-4-6-10-7(8)2/h7-8,10H,3-6H2,1-2H3/t7-,8-/m1/s1. The Hall–Kier alpha value is -0.370.